The number of fused-ring (bicyclic) bond motifs is 1. The summed E-state index contributed by atoms with van der Waals surface area (Å²) in [7, 11) is 0. The number of carbonyl (C=O) groups is 3. The van der Waals surface area contributed by atoms with E-state index in [9.17, 15) is 14.4 Å². The van der Waals surface area contributed by atoms with E-state index >= 15 is 0 Å². The van der Waals surface area contributed by atoms with Crippen LogP contribution in [-0.4, -0.2) is 32.7 Å². The Morgan fingerprint density at radius 1 is 1.15 bits per heavy atom. The highest BCUT2D eigenvalue weighted by Crippen LogP contribution is 2.33. The van der Waals surface area contributed by atoms with Crippen LogP contribution < -0.4 is 5.32 Å². The first-order valence-corrected chi connectivity index (χ1v) is 9.06. The van der Waals surface area contributed by atoms with Crippen molar-refractivity contribution in [3.05, 3.63) is 30.0 Å². The van der Waals surface area contributed by atoms with E-state index in [-0.39, 0.29) is 29.7 Å². The fourth-order valence-electron chi connectivity index (χ4n) is 4.07. The van der Waals surface area contributed by atoms with E-state index in [0.29, 0.717) is 25.7 Å². The maximum atomic E-state index is 12.1. The van der Waals surface area contributed by atoms with Crippen molar-refractivity contribution in [1.29, 1.82) is 0 Å². The van der Waals surface area contributed by atoms with E-state index < -0.39 is 5.97 Å². The number of benzene rings is 1. The molecular formula is C19H21N3O4. The normalized spacial score (nSPS) is 26.7. The molecule has 2 N–H and O–H groups in total. The molecule has 2 heterocycles. The summed E-state index contributed by atoms with van der Waals surface area (Å²) in [6.07, 6.45) is 5.85. The van der Waals surface area contributed by atoms with Gasteiger partial charge in [-0.05, 0) is 49.8 Å². The summed E-state index contributed by atoms with van der Waals surface area (Å²) < 4.78 is 1.94. The fraction of sp³-hybridized carbons (Fsp3) is 0.474. The van der Waals surface area contributed by atoms with Gasteiger partial charge in [0.2, 0.25) is 11.8 Å². The molecule has 1 aromatic carbocycles. The number of hydrogen-bond acceptors (Lipinski definition) is 4. The molecule has 1 unspecified atom stereocenters. The second kappa shape index (κ2) is 6.55. The summed E-state index contributed by atoms with van der Waals surface area (Å²) in [6.45, 7) is 0. The first-order chi connectivity index (χ1) is 12.5. The smallest absolute Gasteiger partial charge is 0.306 e. The number of nitrogens with zero attached hydrogens (tertiary/aromatic N) is 2. The van der Waals surface area contributed by atoms with Gasteiger partial charge in [-0.3, -0.25) is 24.4 Å². The van der Waals surface area contributed by atoms with E-state index in [2.05, 4.69) is 10.4 Å². The van der Waals surface area contributed by atoms with Gasteiger partial charge in [-0.1, -0.05) is 6.07 Å². The van der Waals surface area contributed by atoms with Crippen molar-refractivity contribution in [2.45, 2.75) is 50.5 Å². The van der Waals surface area contributed by atoms with Crippen molar-refractivity contribution in [2.75, 3.05) is 0 Å². The number of aliphatic carboxylic acids is 1. The number of imide groups is 1. The average molecular weight is 355 g/mol. The highest BCUT2D eigenvalue weighted by Gasteiger charge is 2.29. The molecule has 2 aliphatic rings. The maximum absolute atomic E-state index is 12.1. The third kappa shape index (κ3) is 3.09. The number of carboxylic acid groups (broad SMARTS) is 1. The van der Waals surface area contributed by atoms with Crippen LogP contribution in [0.2, 0.25) is 0 Å². The standard InChI is InChI=1S/C19H21N3O4/c23-17-8-6-15(18(24)20-17)12-3-7-16-13(9-12)10-22(21-16)14-4-1-11(2-5-14)19(25)26/h3,7,9-11,14-15H,1-2,4-6,8H2,(H,25,26)(H,20,23,24). The molecule has 2 aromatic rings. The van der Waals surface area contributed by atoms with Crippen molar-refractivity contribution >= 4 is 28.7 Å². The van der Waals surface area contributed by atoms with Crippen molar-refractivity contribution < 1.29 is 19.5 Å². The fourth-order valence-corrected chi connectivity index (χ4v) is 4.07. The van der Waals surface area contributed by atoms with Gasteiger partial charge >= 0.3 is 5.97 Å². The first kappa shape index (κ1) is 16.8. The van der Waals surface area contributed by atoms with Gasteiger partial charge in [0.05, 0.1) is 23.4 Å². The molecule has 1 saturated heterocycles. The molecular weight excluding hydrogens is 334 g/mol. The van der Waals surface area contributed by atoms with Gasteiger partial charge in [0, 0.05) is 18.0 Å². The molecule has 0 bridgehead atoms. The summed E-state index contributed by atoms with van der Waals surface area (Å²) in [6, 6.07) is 6.01. The number of carbonyl (C=O) groups excluding carboxylic acids is 2. The Morgan fingerprint density at radius 3 is 2.62 bits per heavy atom. The summed E-state index contributed by atoms with van der Waals surface area (Å²) in [5.41, 5.74) is 1.76. The lowest BCUT2D eigenvalue weighted by Gasteiger charge is -2.26. The van der Waals surface area contributed by atoms with Crippen molar-refractivity contribution in [2.24, 2.45) is 5.92 Å². The zero-order chi connectivity index (χ0) is 18.3. The van der Waals surface area contributed by atoms with Crippen molar-refractivity contribution in [3.63, 3.8) is 0 Å². The number of nitrogens with one attached hydrogen (secondary N) is 1. The SMILES string of the molecule is O=C1CCC(c2ccc3nn(C4CCC(C(=O)O)CC4)cc3c2)C(=O)N1. The lowest BCUT2D eigenvalue weighted by molar-refractivity contribution is -0.143. The summed E-state index contributed by atoms with van der Waals surface area (Å²) in [4.78, 5) is 34.5. The number of hydrogen-bond donors (Lipinski definition) is 2. The molecule has 2 fully saturated rings. The van der Waals surface area contributed by atoms with Crippen LogP contribution in [0, 0.1) is 5.92 Å². The predicted octanol–water partition coefficient (Wildman–Crippen LogP) is 2.37. The molecule has 1 aliphatic carbocycles. The van der Waals surface area contributed by atoms with Gasteiger partial charge in [-0.25, -0.2) is 0 Å². The number of aromatic nitrogens is 2. The van der Waals surface area contributed by atoms with E-state index in [0.717, 1.165) is 29.3 Å². The third-order valence-electron chi connectivity index (χ3n) is 5.61. The van der Waals surface area contributed by atoms with Crippen molar-refractivity contribution in [3.8, 4) is 0 Å². The Morgan fingerprint density at radius 2 is 1.92 bits per heavy atom. The first-order valence-electron chi connectivity index (χ1n) is 9.06. The van der Waals surface area contributed by atoms with E-state index in [1.54, 1.807) is 0 Å². The lowest BCUT2D eigenvalue weighted by atomic mass is 9.86. The molecule has 1 atom stereocenters. The molecule has 0 spiro atoms. The van der Waals surface area contributed by atoms with E-state index in [1.807, 2.05) is 29.1 Å². The molecule has 2 amide bonds. The zero-order valence-electron chi connectivity index (χ0n) is 14.4. The second-order valence-electron chi connectivity index (χ2n) is 7.27. The van der Waals surface area contributed by atoms with Crippen LogP contribution >= 0.6 is 0 Å². The van der Waals surface area contributed by atoms with Crippen LogP contribution in [0.25, 0.3) is 10.9 Å². The quantitative estimate of drug-likeness (QED) is 0.823. The van der Waals surface area contributed by atoms with Crippen LogP contribution in [-0.2, 0) is 14.4 Å². The molecule has 1 aliphatic heterocycles. The molecule has 4 rings (SSSR count). The molecule has 1 saturated carbocycles. The third-order valence-corrected chi connectivity index (χ3v) is 5.61. The van der Waals surface area contributed by atoms with Crippen LogP contribution in [0.4, 0.5) is 0 Å². The van der Waals surface area contributed by atoms with Gasteiger partial charge in [-0.2, -0.15) is 5.10 Å². The Bertz CT molecular complexity index is 880. The van der Waals surface area contributed by atoms with E-state index in [4.69, 9.17) is 5.11 Å². The predicted molar refractivity (Wildman–Crippen MR) is 93.5 cm³/mol. The Hall–Kier alpha value is -2.70. The van der Waals surface area contributed by atoms with Crippen LogP contribution in [0.1, 0.15) is 56.0 Å². The molecule has 0 radical (unpaired) electrons. The minimum atomic E-state index is -0.706. The minimum Gasteiger partial charge on any atom is -0.481 e. The summed E-state index contributed by atoms with van der Waals surface area (Å²) in [5, 5.41) is 17.1. The van der Waals surface area contributed by atoms with E-state index in [1.165, 1.54) is 0 Å². The van der Waals surface area contributed by atoms with Gasteiger partial charge in [0.25, 0.3) is 0 Å². The van der Waals surface area contributed by atoms with Gasteiger partial charge in [0.1, 0.15) is 0 Å². The summed E-state index contributed by atoms with van der Waals surface area (Å²) >= 11 is 0. The van der Waals surface area contributed by atoms with Gasteiger partial charge in [-0.15, -0.1) is 0 Å². The molecule has 7 nitrogen and oxygen atoms in total. The minimum absolute atomic E-state index is 0.211. The highest BCUT2D eigenvalue weighted by molar-refractivity contribution is 6.01. The number of amides is 2. The summed E-state index contributed by atoms with van der Waals surface area (Å²) in [5.74, 6) is -1.69. The molecule has 1 aromatic heterocycles. The van der Waals surface area contributed by atoms with Gasteiger partial charge in [0.15, 0.2) is 0 Å². The highest BCUT2D eigenvalue weighted by atomic mass is 16.4. The Kier molecular flexibility index (Phi) is 4.22. The molecule has 7 heteroatoms. The second-order valence-corrected chi connectivity index (χ2v) is 7.27. The number of carboxylic acids is 1. The van der Waals surface area contributed by atoms with Crippen LogP contribution in [0.3, 0.4) is 0 Å². The molecule has 26 heavy (non-hydrogen) atoms. The Labute approximate surface area is 150 Å². The number of piperidine rings is 1. The van der Waals surface area contributed by atoms with Crippen LogP contribution in [0.5, 0.6) is 0 Å². The maximum Gasteiger partial charge on any atom is 0.306 e. The monoisotopic (exact) mass is 355 g/mol. The number of rotatable bonds is 3. The van der Waals surface area contributed by atoms with Crippen LogP contribution in [0.15, 0.2) is 24.4 Å². The van der Waals surface area contributed by atoms with Crippen molar-refractivity contribution in [1.82, 2.24) is 15.1 Å². The topological polar surface area (TPSA) is 101 Å². The zero-order valence-corrected chi connectivity index (χ0v) is 14.4. The largest absolute Gasteiger partial charge is 0.481 e. The molecule has 136 valence electrons. The average Bonchev–Trinajstić information content (AvgIpc) is 3.05. The van der Waals surface area contributed by atoms with Gasteiger partial charge < -0.3 is 5.11 Å². The Balaban J connectivity index is 1.54. The lowest BCUT2D eigenvalue weighted by Crippen LogP contribution is -2.39.